The number of hydrogen-bond acceptors (Lipinski definition) is 2. The fourth-order valence-corrected chi connectivity index (χ4v) is 5.81. The van der Waals surface area contributed by atoms with E-state index in [1.54, 1.807) is 12.1 Å². The molecule has 278 valence electrons. The quantitative estimate of drug-likeness (QED) is 0.0607. The van der Waals surface area contributed by atoms with Crippen LogP contribution in [-0.4, -0.2) is 33.3 Å². The first kappa shape index (κ1) is 48.2. The van der Waals surface area contributed by atoms with Crippen LogP contribution in [0.2, 0.25) is 0 Å². The molecule has 0 fully saturated rings. The molecule has 0 saturated heterocycles. The summed E-state index contributed by atoms with van der Waals surface area (Å²) in [6.45, 7) is 16.7. The summed E-state index contributed by atoms with van der Waals surface area (Å²) in [6.07, 6.45) is 37.0. The number of hydrogen-bond donors (Lipinski definition) is 2. The summed E-state index contributed by atoms with van der Waals surface area (Å²) in [5, 5.41) is 26.5. The SMILES string of the molecule is CCCCCCCCCCCCCCCCc1ccc(B([O-])[O-])cc1.CCCCC[NH2+]CCCCC.CCCCC[NH2+]CCCCC. The van der Waals surface area contributed by atoms with Crippen LogP contribution in [0, 0.1) is 0 Å². The van der Waals surface area contributed by atoms with E-state index in [1.165, 1.54) is 199 Å². The van der Waals surface area contributed by atoms with Crippen molar-refractivity contribution in [2.24, 2.45) is 0 Å². The third-order valence-corrected chi connectivity index (χ3v) is 9.12. The Morgan fingerprint density at radius 1 is 0.383 bits per heavy atom. The molecular formula is C42H85BN2O2. The van der Waals surface area contributed by atoms with Gasteiger partial charge in [0.25, 0.3) is 0 Å². The van der Waals surface area contributed by atoms with Crippen LogP contribution in [0.5, 0.6) is 0 Å². The zero-order chi connectivity index (χ0) is 34.9. The molecule has 5 heteroatoms. The fourth-order valence-electron chi connectivity index (χ4n) is 5.81. The average molecular weight is 661 g/mol. The Labute approximate surface area is 296 Å². The van der Waals surface area contributed by atoms with E-state index in [1.807, 2.05) is 12.1 Å². The van der Waals surface area contributed by atoms with Crippen LogP contribution < -0.4 is 26.1 Å². The van der Waals surface area contributed by atoms with Gasteiger partial charge in [0.1, 0.15) is 0 Å². The van der Waals surface area contributed by atoms with Crippen molar-refractivity contribution in [1.29, 1.82) is 0 Å². The second-order valence-corrected chi connectivity index (χ2v) is 14.0. The molecule has 0 radical (unpaired) electrons. The molecule has 0 spiro atoms. The highest BCUT2D eigenvalue weighted by molar-refractivity contribution is 6.55. The Morgan fingerprint density at radius 2 is 0.660 bits per heavy atom. The van der Waals surface area contributed by atoms with Gasteiger partial charge in [-0.1, -0.05) is 175 Å². The Balaban J connectivity index is 0. The summed E-state index contributed by atoms with van der Waals surface area (Å²) in [4.78, 5) is 0. The van der Waals surface area contributed by atoms with E-state index in [9.17, 15) is 10.0 Å². The van der Waals surface area contributed by atoms with Crippen molar-refractivity contribution in [3.63, 3.8) is 0 Å². The van der Waals surface area contributed by atoms with Crippen LogP contribution in [0.25, 0.3) is 0 Å². The molecule has 4 N–H and O–H groups in total. The van der Waals surface area contributed by atoms with Crippen LogP contribution in [0.15, 0.2) is 24.3 Å². The predicted octanol–water partition coefficient (Wildman–Crippen LogP) is 7.99. The first-order chi connectivity index (χ1) is 23.1. The highest BCUT2D eigenvalue weighted by Crippen LogP contribution is 2.14. The van der Waals surface area contributed by atoms with Crippen LogP contribution in [0.3, 0.4) is 0 Å². The molecule has 0 saturated carbocycles. The minimum Gasteiger partial charge on any atom is -0.889 e. The molecule has 0 aliphatic carbocycles. The molecule has 0 unspecified atom stereocenters. The summed E-state index contributed by atoms with van der Waals surface area (Å²) in [6, 6.07) is 7.23. The van der Waals surface area contributed by atoms with Crippen LogP contribution in [0.1, 0.15) is 207 Å². The molecule has 1 rings (SSSR count). The number of rotatable bonds is 32. The average Bonchev–Trinajstić information content (AvgIpc) is 3.08. The van der Waals surface area contributed by atoms with E-state index < -0.39 is 7.12 Å². The zero-order valence-corrected chi connectivity index (χ0v) is 32.8. The summed E-state index contributed by atoms with van der Waals surface area (Å²) < 4.78 is 0. The Morgan fingerprint density at radius 3 is 0.957 bits per heavy atom. The largest absolute Gasteiger partial charge is 0.889 e. The van der Waals surface area contributed by atoms with Crippen molar-refractivity contribution >= 4 is 12.6 Å². The summed E-state index contributed by atoms with van der Waals surface area (Å²) in [7, 11) is -1.85. The lowest BCUT2D eigenvalue weighted by atomic mass is 9.80. The van der Waals surface area contributed by atoms with Crippen LogP contribution in [0.4, 0.5) is 0 Å². The molecule has 0 amide bonds. The third-order valence-electron chi connectivity index (χ3n) is 9.12. The second-order valence-electron chi connectivity index (χ2n) is 14.0. The van der Waals surface area contributed by atoms with E-state index in [2.05, 4.69) is 45.3 Å². The van der Waals surface area contributed by atoms with Crippen LogP contribution >= 0.6 is 0 Å². The van der Waals surface area contributed by atoms with E-state index in [0.29, 0.717) is 5.46 Å². The molecule has 1 aromatic carbocycles. The zero-order valence-electron chi connectivity index (χ0n) is 32.8. The maximum absolute atomic E-state index is 10.8. The minimum absolute atomic E-state index is 0.352. The normalized spacial score (nSPS) is 10.7. The molecule has 0 aliphatic heterocycles. The number of nitrogens with two attached hydrogens (primary N) is 2. The number of quaternary nitrogens is 2. The molecular weight excluding hydrogens is 575 g/mol. The lowest BCUT2D eigenvalue weighted by Crippen LogP contribution is -2.84. The predicted molar refractivity (Wildman–Crippen MR) is 207 cm³/mol. The first-order valence-electron chi connectivity index (χ1n) is 21.1. The standard InChI is InChI=1S/C22H37BO2.2C10H23N/c1-2-3-4-5-6-7-8-9-10-11-12-13-14-15-16-21-17-19-22(20-18-21)23(24)25;2*1-3-5-7-9-11-10-8-6-4-2/h17-20H,2-16H2,1H3;2*11H,3-10H2,1-2H3/q-2;;/p+2. The highest BCUT2D eigenvalue weighted by atomic mass is 16.4. The molecule has 4 nitrogen and oxygen atoms in total. The number of aryl methyl sites for hydroxylation is 1. The monoisotopic (exact) mass is 661 g/mol. The van der Waals surface area contributed by atoms with Crippen molar-refractivity contribution in [3.8, 4) is 0 Å². The molecule has 0 bridgehead atoms. The van der Waals surface area contributed by atoms with Crippen molar-refractivity contribution in [1.82, 2.24) is 0 Å². The maximum atomic E-state index is 10.8. The number of unbranched alkanes of at least 4 members (excludes halogenated alkanes) is 21. The minimum atomic E-state index is -1.85. The van der Waals surface area contributed by atoms with Crippen molar-refractivity contribution in [3.05, 3.63) is 29.8 Å². The molecule has 1 aromatic rings. The van der Waals surface area contributed by atoms with Gasteiger partial charge in [-0.05, 0) is 69.8 Å². The van der Waals surface area contributed by atoms with Crippen molar-refractivity contribution in [2.45, 2.75) is 208 Å². The molecule has 47 heavy (non-hydrogen) atoms. The van der Waals surface area contributed by atoms with Gasteiger partial charge < -0.3 is 20.7 Å². The van der Waals surface area contributed by atoms with Gasteiger partial charge in [-0.25, -0.2) is 0 Å². The summed E-state index contributed by atoms with van der Waals surface area (Å²) >= 11 is 0. The van der Waals surface area contributed by atoms with Gasteiger partial charge >= 0.3 is 0 Å². The summed E-state index contributed by atoms with van der Waals surface area (Å²) in [5.41, 5.74) is 1.59. The highest BCUT2D eigenvalue weighted by Gasteiger charge is 1.97. The van der Waals surface area contributed by atoms with Gasteiger partial charge in [0.2, 0.25) is 0 Å². The van der Waals surface area contributed by atoms with Gasteiger partial charge in [0.05, 0.1) is 26.2 Å². The molecule has 0 atom stereocenters. The van der Waals surface area contributed by atoms with Crippen molar-refractivity contribution < 1.29 is 20.7 Å². The fraction of sp³-hybridized carbons (Fsp3) is 0.857. The van der Waals surface area contributed by atoms with Gasteiger partial charge in [-0.2, -0.15) is 0 Å². The van der Waals surface area contributed by atoms with E-state index in [-0.39, 0.29) is 0 Å². The molecule has 0 aliphatic rings. The topological polar surface area (TPSA) is 79.3 Å². The number of benzene rings is 1. The Bertz CT molecular complexity index is 637. The summed E-state index contributed by atoms with van der Waals surface area (Å²) in [5.74, 6) is 0. The van der Waals surface area contributed by atoms with Gasteiger partial charge in [0, 0.05) is 0 Å². The van der Waals surface area contributed by atoms with Gasteiger partial charge in [-0.3, -0.25) is 0 Å². The van der Waals surface area contributed by atoms with Gasteiger partial charge in [0.15, 0.2) is 0 Å². The van der Waals surface area contributed by atoms with E-state index >= 15 is 0 Å². The smallest absolute Gasteiger partial charge is 0.0755 e. The molecule has 0 heterocycles. The lowest BCUT2D eigenvalue weighted by Gasteiger charge is -2.26. The molecule has 0 aromatic heterocycles. The Kier molecular flexibility index (Phi) is 44.3. The van der Waals surface area contributed by atoms with Crippen molar-refractivity contribution in [2.75, 3.05) is 26.2 Å². The third kappa shape index (κ3) is 41.2. The first-order valence-corrected chi connectivity index (χ1v) is 21.1. The van der Waals surface area contributed by atoms with Gasteiger partial charge in [-0.15, -0.1) is 5.46 Å². The second kappa shape index (κ2) is 43.1. The Hall–Kier alpha value is -0.875. The lowest BCUT2D eigenvalue weighted by molar-refractivity contribution is -0.655. The maximum Gasteiger partial charge on any atom is 0.0755 e. The van der Waals surface area contributed by atoms with E-state index in [4.69, 9.17) is 0 Å². The van der Waals surface area contributed by atoms with Crippen LogP contribution in [-0.2, 0) is 6.42 Å². The van der Waals surface area contributed by atoms with E-state index in [0.717, 1.165) is 6.42 Å².